The summed E-state index contributed by atoms with van der Waals surface area (Å²) in [4.78, 5) is 14.9. The molecule has 0 atom stereocenters. The summed E-state index contributed by atoms with van der Waals surface area (Å²) in [6, 6.07) is 3.43. The maximum atomic E-state index is 10.9. The SMILES string of the molecule is CCCn1ccnc1CNc1cc(C)c([N+](=O)[O-])cc1C. The molecule has 0 aliphatic heterocycles. The molecule has 0 fully saturated rings. The highest BCUT2D eigenvalue weighted by Crippen LogP contribution is 2.26. The number of aromatic nitrogens is 2. The highest BCUT2D eigenvalue weighted by atomic mass is 16.6. The lowest BCUT2D eigenvalue weighted by Crippen LogP contribution is -2.09. The minimum absolute atomic E-state index is 0.158. The molecule has 0 saturated carbocycles. The van der Waals surface area contributed by atoms with Crippen LogP contribution >= 0.6 is 0 Å². The van der Waals surface area contributed by atoms with Crippen molar-refractivity contribution in [2.45, 2.75) is 40.3 Å². The Morgan fingerprint density at radius 1 is 1.33 bits per heavy atom. The minimum Gasteiger partial charge on any atom is -0.378 e. The van der Waals surface area contributed by atoms with Gasteiger partial charge in [0.2, 0.25) is 0 Å². The Kier molecular flexibility index (Phi) is 4.57. The Hall–Kier alpha value is -2.37. The molecule has 0 radical (unpaired) electrons. The maximum Gasteiger partial charge on any atom is 0.272 e. The van der Waals surface area contributed by atoms with E-state index in [1.54, 1.807) is 19.2 Å². The van der Waals surface area contributed by atoms with E-state index in [2.05, 4.69) is 21.8 Å². The Bertz CT molecular complexity index is 649. The molecule has 1 heterocycles. The third-order valence-electron chi connectivity index (χ3n) is 3.44. The summed E-state index contributed by atoms with van der Waals surface area (Å²) in [5.74, 6) is 0.965. The molecule has 112 valence electrons. The number of hydrogen-bond donors (Lipinski definition) is 1. The van der Waals surface area contributed by atoms with Crippen LogP contribution in [0.1, 0.15) is 30.3 Å². The van der Waals surface area contributed by atoms with Crippen molar-refractivity contribution in [3.05, 3.63) is 51.6 Å². The number of benzene rings is 1. The molecule has 21 heavy (non-hydrogen) atoms. The first-order valence-corrected chi connectivity index (χ1v) is 7.02. The van der Waals surface area contributed by atoms with Crippen LogP contribution in [0.25, 0.3) is 0 Å². The van der Waals surface area contributed by atoms with Gasteiger partial charge in [-0.3, -0.25) is 10.1 Å². The van der Waals surface area contributed by atoms with E-state index in [1.165, 1.54) is 0 Å². The van der Waals surface area contributed by atoms with Crippen molar-refractivity contribution in [2.24, 2.45) is 0 Å². The van der Waals surface area contributed by atoms with Crippen molar-refractivity contribution in [3.63, 3.8) is 0 Å². The number of nitrogens with one attached hydrogen (secondary N) is 1. The van der Waals surface area contributed by atoms with Crippen LogP contribution in [-0.2, 0) is 13.1 Å². The van der Waals surface area contributed by atoms with Crippen LogP contribution in [0.15, 0.2) is 24.5 Å². The van der Waals surface area contributed by atoms with E-state index in [4.69, 9.17) is 0 Å². The van der Waals surface area contributed by atoms with Crippen molar-refractivity contribution >= 4 is 11.4 Å². The molecule has 0 amide bonds. The molecule has 0 saturated heterocycles. The van der Waals surface area contributed by atoms with Crippen LogP contribution in [0.4, 0.5) is 11.4 Å². The van der Waals surface area contributed by atoms with Crippen LogP contribution in [-0.4, -0.2) is 14.5 Å². The van der Waals surface area contributed by atoms with Gasteiger partial charge in [-0.05, 0) is 31.9 Å². The van der Waals surface area contributed by atoms with Gasteiger partial charge in [0.1, 0.15) is 5.82 Å². The third-order valence-corrected chi connectivity index (χ3v) is 3.44. The second kappa shape index (κ2) is 6.39. The van der Waals surface area contributed by atoms with Gasteiger partial charge in [-0.2, -0.15) is 0 Å². The monoisotopic (exact) mass is 288 g/mol. The van der Waals surface area contributed by atoms with Gasteiger partial charge >= 0.3 is 0 Å². The number of nitro groups is 1. The number of imidazole rings is 1. The zero-order valence-electron chi connectivity index (χ0n) is 12.6. The van der Waals surface area contributed by atoms with Crippen molar-refractivity contribution < 1.29 is 4.92 Å². The van der Waals surface area contributed by atoms with Gasteiger partial charge in [0.15, 0.2) is 0 Å². The second-order valence-corrected chi connectivity index (χ2v) is 5.10. The summed E-state index contributed by atoms with van der Waals surface area (Å²) in [7, 11) is 0. The first-order valence-electron chi connectivity index (χ1n) is 7.02. The van der Waals surface area contributed by atoms with Crippen molar-refractivity contribution in [2.75, 3.05) is 5.32 Å². The summed E-state index contributed by atoms with van der Waals surface area (Å²) < 4.78 is 2.11. The largest absolute Gasteiger partial charge is 0.378 e. The summed E-state index contributed by atoms with van der Waals surface area (Å²) in [5, 5.41) is 14.2. The molecule has 0 spiro atoms. The topological polar surface area (TPSA) is 73.0 Å². The fourth-order valence-corrected chi connectivity index (χ4v) is 2.31. The Labute approximate surface area is 124 Å². The maximum absolute atomic E-state index is 10.9. The van der Waals surface area contributed by atoms with Crippen LogP contribution in [0, 0.1) is 24.0 Å². The van der Waals surface area contributed by atoms with Crippen LogP contribution in [0.3, 0.4) is 0 Å². The van der Waals surface area contributed by atoms with E-state index in [1.807, 2.05) is 19.2 Å². The standard InChI is InChI=1S/C15H20N4O2/c1-4-6-18-7-5-16-15(18)10-17-13-8-12(3)14(19(20)21)9-11(13)2/h5,7-9,17H,4,6,10H2,1-3H3. The molecule has 2 rings (SSSR count). The molecule has 0 bridgehead atoms. The first kappa shape index (κ1) is 15.0. The summed E-state index contributed by atoms with van der Waals surface area (Å²) in [6.45, 7) is 7.29. The Balaban J connectivity index is 2.15. The molecule has 0 aliphatic carbocycles. The smallest absolute Gasteiger partial charge is 0.272 e. The molecule has 0 unspecified atom stereocenters. The predicted octanol–water partition coefficient (Wildman–Crippen LogP) is 3.43. The van der Waals surface area contributed by atoms with E-state index < -0.39 is 0 Å². The number of nitrogens with zero attached hydrogens (tertiary/aromatic N) is 3. The van der Waals surface area contributed by atoms with E-state index >= 15 is 0 Å². The average Bonchev–Trinajstić information content (AvgIpc) is 2.87. The summed E-state index contributed by atoms with van der Waals surface area (Å²) in [6.07, 6.45) is 4.81. The predicted molar refractivity (Wildman–Crippen MR) is 82.4 cm³/mol. The number of nitro benzene ring substituents is 1. The van der Waals surface area contributed by atoms with Gasteiger partial charge in [0.05, 0.1) is 11.5 Å². The normalized spacial score (nSPS) is 10.6. The van der Waals surface area contributed by atoms with Crippen molar-refractivity contribution in [1.29, 1.82) is 0 Å². The minimum atomic E-state index is -0.347. The van der Waals surface area contributed by atoms with Gasteiger partial charge < -0.3 is 9.88 Å². The van der Waals surface area contributed by atoms with Crippen LogP contribution < -0.4 is 5.32 Å². The fourth-order valence-electron chi connectivity index (χ4n) is 2.31. The molecule has 0 aliphatic rings. The van der Waals surface area contributed by atoms with Crippen LogP contribution in [0.2, 0.25) is 0 Å². The zero-order valence-corrected chi connectivity index (χ0v) is 12.6. The van der Waals surface area contributed by atoms with Gasteiger partial charge in [0.25, 0.3) is 5.69 Å². The molecule has 6 heteroatoms. The highest BCUT2D eigenvalue weighted by Gasteiger charge is 2.13. The summed E-state index contributed by atoms with van der Waals surface area (Å²) in [5.41, 5.74) is 2.58. The Morgan fingerprint density at radius 2 is 2.10 bits per heavy atom. The molecule has 6 nitrogen and oxygen atoms in total. The van der Waals surface area contributed by atoms with E-state index in [9.17, 15) is 10.1 Å². The lowest BCUT2D eigenvalue weighted by atomic mass is 10.1. The molecule has 1 aromatic carbocycles. The van der Waals surface area contributed by atoms with Crippen molar-refractivity contribution in [3.8, 4) is 0 Å². The lowest BCUT2D eigenvalue weighted by Gasteiger charge is -2.12. The quantitative estimate of drug-likeness (QED) is 0.653. The number of aryl methyl sites for hydroxylation is 3. The fraction of sp³-hybridized carbons (Fsp3) is 0.400. The number of anilines is 1. The van der Waals surface area contributed by atoms with E-state index in [0.29, 0.717) is 12.1 Å². The average molecular weight is 288 g/mol. The van der Waals surface area contributed by atoms with E-state index in [0.717, 1.165) is 30.0 Å². The van der Waals surface area contributed by atoms with Crippen LogP contribution in [0.5, 0.6) is 0 Å². The third kappa shape index (κ3) is 3.39. The lowest BCUT2D eigenvalue weighted by molar-refractivity contribution is -0.385. The summed E-state index contributed by atoms with van der Waals surface area (Å²) >= 11 is 0. The van der Waals surface area contributed by atoms with Gasteiger partial charge in [-0.25, -0.2) is 4.98 Å². The second-order valence-electron chi connectivity index (χ2n) is 5.10. The van der Waals surface area contributed by atoms with Gasteiger partial charge in [-0.15, -0.1) is 0 Å². The zero-order chi connectivity index (χ0) is 15.4. The Morgan fingerprint density at radius 3 is 2.76 bits per heavy atom. The number of hydrogen-bond acceptors (Lipinski definition) is 4. The van der Waals surface area contributed by atoms with Gasteiger partial charge in [0, 0.05) is 36.3 Å². The van der Waals surface area contributed by atoms with Crippen molar-refractivity contribution in [1.82, 2.24) is 9.55 Å². The first-order chi connectivity index (χ1) is 10.0. The highest BCUT2D eigenvalue weighted by molar-refractivity contribution is 5.59. The molecule has 2 aromatic rings. The van der Waals surface area contributed by atoms with Gasteiger partial charge in [-0.1, -0.05) is 6.92 Å². The number of rotatable bonds is 6. The molecular weight excluding hydrogens is 268 g/mol. The molecular formula is C15H20N4O2. The molecule has 1 aromatic heterocycles. The molecule has 1 N–H and O–H groups in total. The van der Waals surface area contributed by atoms with E-state index in [-0.39, 0.29) is 10.6 Å².